The molecule has 2 atom stereocenters. The Balaban J connectivity index is 2.06. The quantitative estimate of drug-likeness (QED) is 0.137. The van der Waals surface area contributed by atoms with Gasteiger partial charge in [-0.2, -0.15) is 35.3 Å². The molecule has 3 nitrogen and oxygen atoms in total. The van der Waals surface area contributed by atoms with Gasteiger partial charge in [-0.1, -0.05) is 37.3 Å². The zero-order valence-corrected chi connectivity index (χ0v) is 25.8. The maximum Gasteiger partial charge on any atom is 0.0521 e. The minimum atomic E-state index is 0.258. The summed E-state index contributed by atoms with van der Waals surface area (Å²) in [6, 6.07) is 0. The second-order valence-corrected chi connectivity index (χ2v) is 14.3. The van der Waals surface area contributed by atoms with Crippen LogP contribution in [0.5, 0.6) is 0 Å². The van der Waals surface area contributed by atoms with E-state index in [2.05, 4.69) is 27.7 Å². The van der Waals surface area contributed by atoms with Crippen LogP contribution in [-0.4, -0.2) is 69.7 Å². The lowest BCUT2D eigenvalue weighted by molar-refractivity contribution is 0.286. The molecule has 0 aromatic carbocycles. The summed E-state index contributed by atoms with van der Waals surface area (Å²) in [5.74, 6) is 6.43. The van der Waals surface area contributed by atoms with Crippen molar-refractivity contribution < 1.29 is 15.3 Å². The number of hydrogen-bond acceptors (Lipinski definition) is 6. The van der Waals surface area contributed by atoms with Crippen molar-refractivity contribution in [3.63, 3.8) is 0 Å². The van der Waals surface area contributed by atoms with Gasteiger partial charge >= 0.3 is 0 Å². The molecule has 1 fully saturated rings. The lowest BCUT2D eigenvalue weighted by Gasteiger charge is -2.51. The Kier molecular flexibility index (Phi) is 15.9. The summed E-state index contributed by atoms with van der Waals surface area (Å²) >= 11 is 5.63. The Morgan fingerprint density at radius 3 is 2.00 bits per heavy atom. The number of hydrogen-bond donors (Lipinski definition) is 3. The molecule has 208 valence electrons. The van der Waals surface area contributed by atoms with Crippen molar-refractivity contribution >= 4 is 35.3 Å². The molecule has 2 unspecified atom stereocenters. The van der Waals surface area contributed by atoms with Crippen molar-refractivity contribution in [1.82, 2.24) is 0 Å². The van der Waals surface area contributed by atoms with Crippen LogP contribution >= 0.6 is 35.3 Å². The van der Waals surface area contributed by atoms with E-state index in [0.717, 1.165) is 28.8 Å². The molecular formula is C30H52O3S3. The molecule has 2 rings (SSSR count). The highest BCUT2D eigenvalue weighted by atomic mass is 32.2. The van der Waals surface area contributed by atoms with E-state index in [1.165, 1.54) is 63.5 Å². The molecule has 6 heteroatoms. The molecule has 0 aromatic rings. The standard InChI is InChI=1S/C30H52O3S3/c1-23(11-7-5-9-16-34-18-13-31)28-24(2)26-21-30(4,12-8-6-10-17-35-19-14-32)29(26)25(3)27(28)22-36-20-15-33/h27,31-33H,5-22H2,1-4H3/b28-23-. The first-order valence-electron chi connectivity index (χ1n) is 14.1. The summed E-state index contributed by atoms with van der Waals surface area (Å²) in [6.07, 6.45) is 11.3. The predicted octanol–water partition coefficient (Wildman–Crippen LogP) is 7.27. The summed E-state index contributed by atoms with van der Waals surface area (Å²) in [7, 11) is 0. The minimum absolute atomic E-state index is 0.258. The summed E-state index contributed by atoms with van der Waals surface area (Å²) in [4.78, 5) is 0. The van der Waals surface area contributed by atoms with Crippen LogP contribution in [-0.2, 0) is 0 Å². The highest BCUT2D eigenvalue weighted by molar-refractivity contribution is 7.99. The van der Waals surface area contributed by atoms with Gasteiger partial charge in [-0.05, 0) is 98.5 Å². The fraction of sp³-hybridized carbons (Fsp3) is 0.800. The summed E-state index contributed by atoms with van der Waals surface area (Å²) < 4.78 is 0. The maximum absolute atomic E-state index is 9.40. The van der Waals surface area contributed by atoms with E-state index < -0.39 is 0 Å². The van der Waals surface area contributed by atoms with Crippen LogP contribution in [0.25, 0.3) is 0 Å². The molecule has 0 saturated heterocycles. The van der Waals surface area contributed by atoms with Crippen LogP contribution in [0.4, 0.5) is 0 Å². The van der Waals surface area contributed by atoms with Gasteiger partial charge in [0.05, 0.1) is 19.8 Å². The molecule has 0 spiro atoms. The van der Waals surface area contributed by atoms with E-state index in [9.17, 15) is 5.11 Å². The van der Waals surface area contributed by atoms with E-state index in [1.807, 2.05) is 35.3 Å². The molecule has 36 heavy (non-hydrogen) atoms. The highest BCUT2D eigenvalue weighted by Crippen LogP contribution is 2.60. The topological polar surface area (TPSA) is 60.7 Å². The normalized spacial score (nSPS) is 23.2. The first-order valence-corrected chi connectivity index (χ1v) is 17.5. The first kappa shape index (κ1) is 32.4. The number of aliphatic hydroxyl groups excluding tert-OH is 3. The van der Waals surface area contributed by atoms with Crippen LogP contribution in [0.3, 0.4) is 0 Å². The zero-order valence-electron chi connectivity index (χ0n) is 23.4. The third kappa shape index (κ3) is 9.41. The molecule has 0 aliphatic heterocycles. The average Bonchev–Trinajstić information content (AvgIpc) is 2.84. The Morgan fingerprint density at radius 2 is 1.39 bits per heavy atom. The van der Waals surface area contributed by atoms with Crippen molar-refractivity contribution in [2.24, 2.45) is 11.3 Å². The van der Waals surface area contributed by atoms with Crippen molar-refractivity contribution in [1.29, 1.82) is 0 Å². The molecule has 0 heterocycles. The summed E-state index contributed by atoms with van der Waals surface area (Å²) in [5, 5.41) is 27.3. The lowest BCUT2D eigenvalue weighted by Crippen LogP contribution is -2.38. The number of unbranched alkanes of at least 4 members (excludes halogenated alkanes) is 4. The largest absolute Gasteiger partial charge is 0.396 e. The van der Waals surface area contributed by atoms with Gasteiger partial charge < -0.3 is 15.3 Å². The number of thioether (sulfide) groups is 3. The minimum Gasteiger partial charge on any atom is -0.396 e. The molecule has 0 amide bonds. The van der Waals surface area contributed by atoms with Crippen molar-refractivity contribution in [2.75, 3.05) is 54.3 Å². The Bertz CT molecular complexity index is 759. The Labute approximate surface area is 234 Å². The fourth-order valence-corrected chi connectivity index (χ4v) is 8.54. The molecule has 1 saturated carbocycles. The second kappa shape index (κ2) is 17.7. The first-order chi connectivity index (χ1) is 17.4. The average molecular weight is 557 g/mol. The second-order valence-electron chi connectivity index (χ2n) is 10.7. The molecule has 0 radical (unpaired) electrons. The monoisotopic (exact) mass is 556 g/mol. The van der Waals surface area contributed by atoms with Gasteiger partial charge in [-0.3, -0.25) is 0 Å². The van der Waals surface area contributed by atoms with Crippen molar-refractivity contribution in [3.8, 4) is 0 Å². The third-order valence-corrected chi connectivity index (χ3v) is 11.0. The van der Waals surface area contributed by atoms with Gasteiger partial charge in [0.2, 0.25) is 0 Å². The molecular weight excluding hydrogens is 505 g/mol. The Hall–Kier alpha value is 0.150. The molecule has 0 aromatic heterocycles. The predicted molar refractivity (Wildman–Crippen MR) is 164 cm³/mol. The van der Waals surface area contributed by atoms with E-state index in [4.69, 9.17) is 10.2 Å². The van der Waals surface area contributed by atoms with Crippen LogP contribution in [0, 0.1) is 11.3 Å². The fourth-order valence-electron chi connectivity index (χ4n) is 6.11. The van der Waals surface area contributed by atoms with Crippen LogP contribution < -0.4 is 0 Å². The highest BCUT2D eigenvalue weighted by Gasteiger charge is 2.47. The van der Waals surface area contributed by atoms with Gasteiger partial charge in [0.1, 0.15) is 0 Å². The summed E-state index contributed by atoms with van der Waals surface area (Å²) in [6.45, 7) is 10.5. The third-order valence-electron chi connectivity index (χ3n) is 7.90. The van der Waals surface area contributed by atoms with Gasteiger partial charge in [0.25, 0.3) is 0 Å². The van der Waals surface area contributed by atoms with Gasteiger partial charge in [0.15, 0.2) is 0 Å². The number of rotatable bonds is 20. The smallest absolute Gasteiger partial charge is 0.0521 e. The lowest BCUT2D eigenvalue weighted by atomic mass is 9.53. The van der Waals surface area contributed by atoms with E-state index in [1.54, 1.807) is 33.4 Å². The molecule has 2 aliphatic rings. The summed E-state index contributed by atoms with van der Waals surface area (Å²) in [5.41, 5.74) is 9.96. The van der Waals surface area contributed by atoms with Gasteiger partial charge in [-0.15, -0.1) is 0 Å². The van der Waals surface area contributed by atoms with E-state index in [-0.39, 0.29) is 13.2 Å². The SMILES string of the molecule is CC1=C2CC(C)(CCCCCSCCO)C2=C(C)C(CSCCO)/C1=C(/C)CCCCCSCCO. The number of allylic oxidation sites excluding steroid dienone is 6. The van der Waals surface area contributed by atoms with Crippen molar-refractivity contribution in [2.45, 2.75) is 85.5 Å². The molecule has 2 aliphatic carbocycles. The van der Waals surface area contributed by atoms with Crippen LogP contribution in [0.15, 0.2) is 33.4 Å². The Morgan fingerprint density at radius 1 is 0.806 bits per heavy atom. The number of fused-ring (bicyclic) bond motifs is 1. The van der Waals surface area contributed by atoms with Gasteiger partial charge in [-0.25, -0.2) is 0 Å². The van der Waals surface area contributed by atoms with Gasteiger partial charge in [0, 0.05) is 28.9 Å². The van der Waals surface area contributed by atoms with Crippen LogP contribution in [0.2, 0.25) is 0 Å². The molecule has 3 N–H and O–H groups in total. The van der Waals surface area contributed by atoms with Crippen molar-refractivity contribution in [3.05, 3.63) is 33.4 Å². The van der Waals surface area contributed by atoms with E-state index in [0.29, 0.717) is 17.9 Å². The molecule has 0 bridgehead atoms. The number of aliphatic hydroxyl groups is 3. The maximum atomic E-state index is 9.40. The van der Waals surface area contributed by atoms with Crippen LogP contribution in [0.1, 0.15) is 85.5 Å². The van der Waals surface area contributed by atoms with E-state index >= 15 is 0 Å². The zero-order chi connectivity index (χ0) is 26.4.